The second-order valence-electron chi connectivity index (χ2n) is 12.7. The molecule has 9 nitrogen and oxygen atoms in total. The standard InChI is InChI=1S/C32H40Cl2N6O3/c1-20-15-37(31(42)43-32(4,5)6)16-21(2)40(20)19-26-18-38(36-35-26)17-24-9-7-8-10-27(24)30(41)39-12-11-23-13-25(33)14-28(34)29(23)22(39)3/h7-10,13-14,18,20-22H,11-12,15-17,19H2,1-6H3/t20-,21+,22?. The molecule has 0 spiro atoms. The first kappa shape index (κ1) is 31.3. The van der Waals surface area contributed by atoms with Crippen LogP contribution in [-0.4, -0.2) is 79.0 Å². The van der Waals surface area contributed by atoms with Crippen LogP contribution in [0.15, 0.2) is 42.6 Å². The Morgan fingerprint density at radius 3 is 2.42 bits per heavy atom. The highest BCUT2D eigenvalue weighted by Crippen LogP contribution is 2.37. The molecule has 3 aromatic rings. The summed E-state index contributed by atoms with van der Waals surface area (Å²) < 4.78 is 7.37. The Labute approximate surface area is 263 Å². The predicted molar refractivity (Wildman–Crippen MR) is 167 cm³/mol. The van der Waals surface area contributed by atoms with E-state index in [2.05, 4.69) is 29.1 Å². The van der Waals surface area contributed by atoms with Crippen LogP contribution in [-0.2, 0) is 24.2 Å². The number of hydrogen-bond donors (Lipinski definition) is 0. The van der Waals surface area contributed by atoms with Gasteiger partial charge in [0, 0.05) is 53.9 Å². The molecule has 230 valence electrons. The molecule has 2 aliphatic rings. The minimum atomic E-state index is -0.525. The van der Waals surface area contributed by atoms with Gasteiger partial charge < -0.3 is 14.5 Å². The molecule has 0 bridgehead atoms. The van der Waals surface area contributed by atoms with Gasteiger partial charge in [0.1, 0.15) is 5.60 Å². The fourth-order valence-electron chi connectivity index (χ4n) is 6.20. The van der Waals surface area contributed by atoms with E-state index in [1.807, 2.05) is 69.1 Å². The third-order valence-corrected chi connectivity index (χ3v) is 8.74. The van der Waals surface area contributed by atoms with Crippen molar-refractivity contribution in [1.29, 1.82) is 0 Å². The van der Waals surface area contributed by atoms with E-state index in [4.69, 9.17) is 27.9 Å². The lowest BCUT2D eigenvalue weighted by Crippen LogP contribution is -2.58. The van der Waals surface area contributed by atoms with E-state index in [0.29, 0.717) is 54.8 Å². The maximum Gasteiger partial charge on any atom is 0.410 e. The van der Waals surface area contributed by atoms with Gasteiger partial charge in [0.2, 0.25) is 0 Å². The molecule has 5 rings (SSSR count). The molecule has 11 heteroatoms. The molecule has 2 aromatic carbocycles. The minimum Gasteiger partial charge on any atom is -0.444 e. The van der Waals surface area contributed by atoms with Crippen LogP contribution in [0.5, 0.6) is 0 Å². The number of ether oxygens (including phenoxy) is 1. The summed E-state index contributed by atoms with van der Waals surface area (Å²) in [7, 11) is 0. The fourth-order valence-corrected chi connectivity index (χ4v) is 6.89. The number of nitrogens with zero attached hydrogens (tertiary/aromatic N) is 6. The molecule has 0 aliphatic carbocycles. The van der Waals surface area contributed by atoms with Gasteiger partial charge in [-0.15, -0.1) is 5.10 Å². The molecule has 0 saturated carbocycles. The van der Waals surface area contributed by atoms with Gasteiger partial charge in [-0.25, -0.2) is 9.48 Å². The van der Waals surface area contributed by atoms with Crippen molar-refractivity contribution in [2.75, 3.05) is 19.6 Å². The Morgan fingerprint density at radius 2 is 1.72 bits per heavy atom. The molecule has 43 heavy (non-hydrogen) atoms. The van der Waals surface area contributed by atoms with E-state index in [1.54, 1.807) is 15.6 Å². The number of fused-ring (bicyclic) bond motifs is 1. The number of piperazine rings is 1. The van der Waals surface area contributed by atoms with Gasteiger partial charge in [-0.3, -0.25) is 9.69 Å². The Kier molecular flexibility index (Phi) is 9.07. The highest BCUT2D eigenvalue weighted by molar-refractivity contribution is 6.35. The van der Waals surface area contributed by atoms with E-state index in [-0.39, 0.29) is 30.1 Å². The molecule has 1 aromatic heterocycles. The molecule has 3 heterocycles. The van der Waals surface area contributed by atoms with E-state index < -0.39 is 5.60 Å². The van der Waals surface area contributed by atoms with Crippen molar-refractivity contribution in [1.82, 2.24) is 29.7 Å². The Morgan fingerprint density at radius 1 is 1.02 bits per heavy atom. The Hall–Kier alpha value is -3.14. The Balaban J connectivity index is 1.26. The molecular weight excluding hydrogens is 587 g/mol. The summed E-state index contributed by atoms with van der Waals surface area (Å²) in [5.41, 5.74) is 3.87. The smallest absolute Gasteiger partial charge is 0.410 e. The monoisotopic (exact) mass is 626 g/mol. The fraction of sp³-hybridized carbons (Fsp3) is 0.500. The maximum atomic E-state index is 13.9. The molecule has 2 aliphatic heterocycles. The summed E-state index contributed by atoms with van der Waals surface area (Å²) >= 11 is 12.8. The highest BCUT2D eigenvalue weighted by atomic mass is 35.5. The summed E-state index contributed by atoms with van der Waals surface area (Å²) in [5, 5.41) is 10.0. The van der Waals surface area contributed by atoms with Crippen molar-refractivity contribution in [2.24, 2.45) is 0 Å². The van der Waals surface area contributed by atoms with Crippen molar-refractivity contribution in [3.8, 4) is 0 Å². The van der Waals surface area contributed by atoms with Crippen molar-refractivity contribution in [2.45, 2.75) is 84.8 Å². The average Bonchev–Trinajstić information content (AvgIpc) is 3.36. The van der Waals surface area contributed by atoms with Crippen molar-refractivity contribution >= 4 is 35.2 Å². The van der Waals surface area contributed by atoms with Crippen molar-refractivity contribution in [3.63, 3.8) is 0 Å². The number of benzene rings is 2. The zero-order valence-electron chi connectivity index (χ0n) is 25.7. The number of carbonyl (C=O) groups excluding carboxylic acids is 2. The molecule has 1 fully saturated rings. The summed E-state index contributed by atoms with van der Waals surface area (Å²) in [4.78, 5) is 32.5. The largest absolute Gasteiger partial charge is 0.444 e. The van der Waals surface area contributed by atoms with Crippen LogP contribution in [0.1, 0.15) is 80.3 Å². The van der Waals surface area contributed by atoms with Crippen LogP contribution in [0.25, 0.3) is 0 Å². The lowest BCUT2D eigenvalue weighted by Gasteiger charge is -2.44. The van der Waals surface area contributed by atoms with Crippen LogP contribution < -0.4 is 0 Å². The molecule has 1 unspecified atom stereocenters. The minimum absolute atomic E-state index is 0.0365. The number of hydrogen-bond acceptors (Lipinski definition) is 6. The van der Waals surface area contributed by atoms with E-state index in [9.17, 15) is 9.59 Å². The first-order valence-electron chi connectivity index (χ1n) is 14.8. The van der Waals surface area contributed by atoms with Gasteiger partial charge in [0.15, 0.2) is 0 Å². The topological polar surface area (TPSA) is 83.8 Å². The normalized spacial score (nSPS) is 21.1. The van der Waals surface area contributed by atoms with Gasteiger partial charge in [-0.1, -0.05) is 46.6 Å². The third kappa shape index (κ3) is 7.00. The quantitative estimate of drug-likeness (QED) is 0.334. The number of rotatable bonds is 5. The van der Waals surface area contributed by atoms with Gasteiger partial charge in [-0.2, -0.15) is 0 Å². The number of halogens is 2. The first-order chi connectivity index (χ1) is 20.3. The first-order valence-corrected chi connectivity index (χ1v) is 15.6. The number of amides is 2. The third-order valence-electron chi connectivity index (χ3n) is 8.21. The van der Waals surface area contributed by atoms with E-state index in [1.165, 1.54) is 0 Å². The van der Waals surface area contributed by atoms with E-state index in [0.717, 1.165) is 22.4 Å². The SMILES string of the molecule is CC1c2c(Cl)cc(Cl)cc2CCN1C(=O)c1ccccc1Cn1cc(CN2[C@H](C)CN(C(=O)OC(C)(C)C)C[C@@H]2C)nn1. The van der Waals surface area contributed by atoms with Crippen LogP contribution in [0.4, 0.5) is 4.79 Å². The molecular formula is C32H40Cl2N6O3. The van der Waals surface area contributed by atoms with Crippen molar-refractivity contribution in [3.05, 3.63) is 80.6 Å². The lowest BCUT2D eigenvalue weighted by molar-refractivity contribution is -0.00997. The molecule has 2 amide bonds. The summed E-state index contributed by atoms with van der Waals surface area (Å²) in [5.74, 6) is -0.0365. The summed E-state index contributed by atoms with van der Waals surface area (Å²) in [6, 6.07) is 11.4. The zero-order chi connectivity index (χ0) is 31.1. The summed E-state index contributed by atoms with van der Waals surface area (Å²) in [6.07, 6.45) is 2.36. The molecule has 1 saturated heterocycles. The van der Waals surface area contributed by atoms with Crippen LogP contribution >= 0.6 is 23.2 Å². The number of carbonyl (C=O) groups is 2. The van der Waals surface area contributed by atoms with Crippen LogP contribution in [0.2, 0.25) is 10.0 Å². The van der Waals surface area contributed by atoms with Crippen LogP contribution in [0.3, 0.4) is 0 Å². The summed E-state index contributed by atoms with van der Waals surface area (Å²) in [6.45, 7) is 14.7. The maximum absolute atomic E-state index is 13.9. The molecule has 0 N–H and O–H groups in total. The molecule has 3 atom stereocenters. The zero-order valence-corrected chi connectivity index (χ0v) is 27.2. The average molecular weight is 628 g/mol. The van der Waals surface area contributed by atoms with E-state index >= 15 is 0 Å². The predicted octanol–water partition coefficient (Wildman–Crippen LogP) is 6.22. The van der Waals surface area contributed by atoms with Gasteiger partial charge in [-0.05, 0) is 82.9 Å². The highest BCUT2D eigenvalue weighted by Gasteiger charge is 2.35. The van der Waals surface area contributed by atoms with Gasteiger partial charge in [0.05, 0.1) is 24.5 Å². The number of aromatic nitrogens is 3. The van der Waals surface area contributed by atoms with Crippen LogP contribution in [0, 0.1) is 0 Å². The van der Waals surface area contributed by atoms with Gasteiger partial charge in [0.25, 0.3) is 5.91 Å². The lowest BCUT2D eigenvalue weighted by atomic mass is 9.92. The Bertz CT molecular complexity index is 1490. The molecule has 0 radical (unpaired) electrons. The second kappa shape index (κ2) is 12.5. The van der Waals surface area contributed by atoms with Gasteiger partial charge >= 0.3 is 6.09 Å². The second-order valence-corrected chi connectivity index (χ2v) is 13.5. The van der Waals surface area contributed by atoms with Crippen molar-refractivity contribution < 1.29 is 14.3 Å².